The van der Waals surface area contributed by atoms with Crippen molar-refractivity contribution in [2.75, 3.05) is 16.6 Å². The molecule has 2 aromatic heterocycles. The van der Waals surface area contributed by atoms with Crippen LogP contribution < -0.4 is 4.31 Å². The number of hydrogen-bond acceptors (Lipinski definition) is 7. The molecule has 4 aromatic rings. The van der Waals surface area contributed by atoms with Crippen molar-refractivity contribution in [3.05, 3.63) is 59.3 Å². The molecule has 0 amide bonds. The standard InChI is InChI=1S/C21H15N3O3S3/c1-13-23-17-5-4-16(11-21(17)29-13)30(25,26)24-8-9-28-20-7-2-14(10-18(20)24)19-6-3-15(12-22)27-19/h2-7,10-11H,8-9H2,1H3. The highest BCUT2D eigenvalue weighted by Crippen LogP contribution is 2.41. The van der Waals surface area contributed by atoms with E-state index in [9.17, 15) is 8.42 Å². The molecular weight excluding hydrogens is 438 g/mol. The number of furan rings is 1. The lowest BCUT2D eigenvalue weighted by atomic mass is 10.1. The van der Waals surface area contributed by atoms with Gasteiger partial charge in [0.15, 0.2) is 0 Å². The van der Waals surface area contributed by atoms with Gasteiger partial charge in [0.2, 0.25) is 5.76 Å². The van der Waals surface area contributed by atoms with Crippen molar-refractivity contribution in [1.29, 1.82) is 5.26 Å². The third-order valence-electron chi connectivity index (χ3n) is 4.84. The van der Waals surface area contributed by atoms with Crippen LogP contribution in [0.4, 0.5) is 5.69 Å². The number of anilines is 1. The van der Waals surface area contributed by atoms with Gasteiger partial charge < -0.3 is 4.42 Å². The molecule has 1 aliphatic rings. The molecule has 0 bridgehead atoms. The van der Waals surface area contributed by atoms with Crippen LogP contribution in [0.3, 0.4) is 0 Å². The maximum Gasteiger partial charge on any atom is 0.264 e. The van der Waals surface area contributed by atoms with Crippen LogP contribution in [0.15, 0.2) is 62.7 Å². The maximum absolute atomic E-state index is 13.5. The molecule has 1 aliphatic heterocycles. The van der Waals surface area contributed by atoms with Crippen molar-refractivity contribution < 1.29 is 12.8 Å². The fourth-order valence-electron chi connectivity index (χ4n) is 3.46. The number of aryl methyl sites for hydroxylation is 1. The lowest BCUT2D eigenvalue weighted by molar-refractivity contribution is 0.567. The quantitative estimate of drug-likeness (QED) is 0.432. The third-order valence-corrected chi connectivity index (χ3v) is 8.62. The second kappa shape index (κ2) is 7.16. The minimum atomic E-state index is -3.74. The van der Waals surface area contributed by atoms with Crippen LogP contribution in [0.25, 0.3) is 21.5 Å². The van der Waals surface area contributed by atoms with Gasteiger partial charge >= 0.3 is 0 Å². The van der Waals surface area contributed by atoms with Crippen molar-refractivity contribution in [2.45, 2.75) is 16.7 Å². The fraction of sp³-hybridized carbons (Fsp3) is 0.143. The molecule has 30 heavy (non-hydrogen) atoms. The Labute approximate surface area is 181 Å². The zero-order chi connectivity index (χ0) is 20.9. The minimum absolute atomic E-state index is 0.217. The molecule has 2 aromatic carbocycles. The van der Waals surface area contributed by atoms with Gasteiger partial charge in [-0.25, -0.2) is 13.4 Å². The SMILES string of the molecule is Cc1nc2ccc(S(=O)(=O)N3CCSc4ccc(-c5ccc(C#N)o5)cc43)cc2s1. The first-order valence-electron chi connectivity index (χ1n) is 9.13. The number of fused-ring (bicyclic) bond motifs is 2. The van der Waals surface area contributed by atoms with E-state index in [1.807, 2.05) is 31.2 Å². The van der Waals surface area contributed by atoms with E-state index in [2.05, 4.69) is 4.98 Å². The lowest BCUT2D eigenvalue weighted by Crippen LogP contribution is -2.35. The average molecular weight is 454 g/mol. The van der Waals surface area contributed by atoms with Gasteiger partial charge in [0, 0.05) is 22.8 Å². The third kappa shape index (κ3) is 3.17. The summed E-state index contributed by atoms with van der Waals surface area (Å²) in [6, 6.07) is 16.0. The number of thioether (sulfide) groups is 1. The Morgan fingerprint density at radius 1 is 1.17 bits per heavy atom. The summed E-state index contributed by atoms with van der Waals surface area (Å²) >= 11 is 3.11. The number of hydrogen-bond donors (Lipinski definition) is 0. The predicted octanol–water partition coefficient (Wildman–Crippen LogP) is 5.04. The van der Waals surface area contributed by atoms with Gasteiger partial charge in [-0.15, -0.1) is 23.1 Å². The summed E-state index contributed by atoms with van der Waals surface area (Å²) in [5.41, 5.74) is 2.16. The molecule has 0 unspecified atom stereocenters. The Kier molecular flexibility index (Phi) is 4.58. The summed E-state index contributed by atoms with van der Waals surface area (Å²) in [6.07, 6.45) is 0. The number of thiazole rings is 1. The van der Waals surface area contributed by atoms with Crippen LogP contribution in [-0.2, 0) is 10.0 Å². The van der Waals surface area contributed by atoms with E-state index in [4.69, 9.17) is 9.68 Å². The smallest absolute Gasteiger partial charge is 0.264 e. The van der Waals surface area contributed by atoms with E-state index < -0.39 is 10.0 Å². The van der Waals surface area contributed by atoms with E-state index in [0.29, 0.717) is 23.7 Å². The zero-order valence-corrected chi connectivity index (χ0v) is 18.3. The second-order valence-corrected chi connectivity index (χ2v) is 11.0. The average Bonchev–Trinajstić information content (AvgIpc) is 3.37. The van der Waals surface area contributed by atoms with Crippen molar-refractivity contribution in [3.63, 3.8) is 0 Å². The van der Waals surface area contributed by atoms with Crippen LogP contribution >= 0.6 is 23.1 Å². The summed E-state index contributed by atoms with van der Waals surface area (Å²) in [7, 11) is -3.74. The summed E-state index contributed by atoms with van der Waals surface area (Å²) in [5.74, 6) is 1.42. The highest BCUT2D eigenvalue weighted by atomic mass is 32.2. The largest absolute Gasteiger partial charge is 0.446 e. The zero-order valence-electron chi connectivity index (χ0n) is 15.8. The first-order valence-corrected chi connectivity index (χ1v) is 12.4. The van der Waals surface area contributed by atoms with E-state index in [-0.39, 0.29) is 10.7 Å². The number of nitriles is 1. The van der Waals surface area contributed by atoms with Crippen LogP contribution in [0.2, 0.25) is 0 Å². The number of nitrogens with zero attached hydrogens (tertiary/aromatic N) is 3. The highest BCUT2D eigenvalue weighted by molar-refractivity contribution is 8.00. The van der Waals surface area contributed by atoms with Crippen LogP contribution in [0.1, 0.15) is 10.8 Å². The van der Waals surface area contributed by atoms with Crippen LogP contribution in [0, 0.1) is 18.3 Å². The molecule has 0 spiro atoms. The van der Waals surface area contributed by atoms with Gasteiger partial charge in [-0.2, -0.15) is 5.26 Å². The van der Waals surface area contributed by atoms with Gasteiger partial charge in [0.1, 0.15) is 11.8 Å². The molecule has 0 saturated heterocycles. The monoisotopic (exact) mass is 453 g/mol. The minimum Gasteiger partial charge on any atom is -0.446 e. The van der Waals surface area contributed by atoms with Gasteiger partial charge in [0.05, 0.1) is 25.8 Å². The lowest BCUT2D eigenvalue weighted by Gasteiger charge is -2.30. The summed E-state index contributed by atoms with van der Waals surface area (Å²) in [4.78, 5) is 5.57. The van der Waals surface area contributed by atoms with E-state index in [1.54, 1.807) is 42.1 Å². The number of benzene rings is 2. The Morgan fingerprint density at radius 2 is 2.03 bits per heavy atom. The molecule has 0 fully saturated rings. The first-order chi connectivity index (χ1) is 14.5. The molecular formula is C21H15N3O3S3. The topological polar surface area (TPSA) is 87.2 Å². The normalized spacial score (nSPS) is 13.9. The molecule has 0 radical (unpaired) electrons. The Bertz CT molecular complexity index is 1430. The van der Waals surface area contributed by atoms with Crippen LogP contribution in [-0.4, -0.2) is 25.7 Å². The van der Waals surface area contributed by atoms with Crippen molar-refractivity contribution in [1.82, 2.24) is 4.98 Å². The molecule has 0 atom stereocenters. The summed E-state index contributed by atoms with van der Waals surface area (Å²) < 4.78 is 34.9. The number of aromatic nitrogens is 1. The highest BCUT2D eigenvalue weighted by Gasteiger charge is 2.30. The fourth-order valence-corrected chi connectivity index (χ4v) is 7.05. The molecule has 5 rings (SSSR count). The predicted molar refractivity (Wildman–Crippen MR) is 118 cm³/mol. The summed E-state index contributed by atoms with van der Waals surface area (Å²) in [5, 5.41) is 9.91. The van der Waals surface area contributed by atoms with Gasteiger partial charge in [-0.05, 0) is 55.5 Å². The Balaban J connectivity index is 1.60. The van der Waals surface area contributed by atoms with Crippen molar-refractivity contribution >= 4 is 49.0 Å². The molecule has 0 N–H and O–H groups in total. The van der Waals surface area contributed by atoms with E-state index >= 15 is 0 Å². The van der Waals surface area contributed by atoms with Crippen LogP contribution in [0.5, 0.6) is 0 Å². The van der Waals surface area contributed by atoms with Gasteiger partial charge in [0.25, 0.3) is 10.0 Å². The molecule has 150 valence electrons. The molecule has 0 aliphatic carbocycles. The van der Waals surface area contributed by atoms with Crippen molar-refractivity contribution in [2.24, 2.45) is 0 Å². The van der Waals surface area contributed by atoms with Gasteiger partial charge in [-0.3, -0.25) is 4.31 Å². The molecule has 3 heterocycles. The first kappa shape index (κ1) is 19.2. The van der Waals surface area contributed by atoms with E-state index in [0.717, 1.165) is 25.7 Å². The number of sulfonamides is 1. The Morgan fingerprint density at radius 3 is 2.83 bits per heavy atom. The molecule has 0 saturated carbocycles. The van der Waals surface area contributed by atoms with Crippen molar-refractivity contribution in [3.8, 4) is 17.4 Å². The molecule has 9 heteroatoms. The molecule has 6 nitrogen and oxygen atoms in total. The maximum atomic E-state index is 13.5. The summed E-state index contributed by atoms with van der Waals surface area (Å²) in [6.45, 7) is 2.29. The Hall–Kier alpha value is -2.80. The van der Waals surface area contributed by atoms with E-state index in [1.165, 1.54) is 15.6 Å². The van der Waals surface area contributed by atoms with Gasteiger partial charge in [-0.1, -0.05) is 0 Å². The number of rotatable bonds is 3. The second-order valence-electron chi connectivity index (χ2n) is 6.75.